The molecule has 114 valence electrons. The van der Waals surface area contributed by atoms with Crippen molar-refractivity contribution in [3.8, 4) is 0 Å². The van der Waals surface area contributed by atoms with Crippen LogP contribution in [0.5, 0.6) is 0 Å². The number of amides is 2. The zero-order valence-electron chi connectivity index (χ0n) is 12.8. The van der Waals surface area contributed by atoms with Gasteiger partial charge in [-0.25, -0.2) is 0 Å². The highest BCUT2D eigenvalue weighted by atomic mass is 16.2. The molecular formula is C16H28N2O2. The number of nitrogens with zero attached hydrogens (tertiary/aromatic N) is 2. The molecule has 0 aromatic heterocycles. The quantitative estimate of drug-likeness (QED) is 0.794. The molecule has 4 heteroatoms. The Kier molecular flexibility index (Phi) is 5.86. The number of piperidine rings is 1. The molecule has 1 saturated heterocycles. The Hall–Kier alpha value is -1.06. The van der Waals surface area contributed by atoms with Crippen LogP contribution in [0.25, 0.3) is 0 Å². The largest absolute Gasteiger partial charge is 0.343 e. The van der Waals surface area contributed by atoms with E-state index in [-0.39, 0.29) is 11.8 Å². The molecule has 0 bridgehead atoms. The number of carbonyl (C=O) groups is 2. The van der Waals surface area contributed by atoms with E-state index in [2.05, 4.69) is 0 Å². The van der Waals surface area contributed by atoms with Crippen molar-refractivity contribution in [3.63, 3.8) is 0 Å². The molecule has 2 rings (SSSR count). The van der Waals surface area contributed by atoms with Gasteiger partial charge in [-0.1, -0.05) is 19.3 Å². The van der Waals surface area contributed by atoms with Crippen LogP contribution < -0.4 is 0 Å². The minimum atomic E-state index is 0.128. The van der Waals surface area contributed by atoms with Crippen LogP contribution in [-0.4, -0.2) is 47.3 Å². The Morgan fingerprint density at radius 2 is 1.60 bits per heavy atom. The van der Waals surface area contributed by atoms with Gasteiger partial charge in [0, 0.05) is 39.0 Å². The third-order valence-electron chi connectivity index (χ3n) is 4.70. The second-order valence-corrected chi connectivity index (χ2v) is 6.20. The Morgan fingerprint density at radius 3 is 2.20 bits per heavy atom. The topological polar surface area (TPSA) is 40.6 Å². The SMILES string of the molecule is CC(=O)N(CCC(=O)N1CCCCC1)C1CCCCC1. The van der Waals surface area contributed by atoms with E-state index in [1.807, 2.05) is 9.80 Å². The molecule has 2 fully saturated rings. The molecule has 0 radical (unpaired) electrons. The van der Waals surface area contributed by atoms with Crippen LogP contribution in [-0.2, 0) is 9.59 Å². The van der Waals surface area contributed by atoms with Crippen LogP contribution >= 0.6 is 0 Å². The summed E-state index contributed by atoms with van der Waals surface area (Å²) in [5, 5.41) is 0. The molecule has 20 heavy (non-hydrogen) atoms. The molecule has 0 atom stereocenters. The lowest BCUT2D eigenvalue weighted by Gasteiger charge is -2.34. The highest BCUT2D eigenvalue weighted by Gasteiger charge is 2.24. The number of rotatable bonds is 4. The van der Waals surface area contributed by atoms with Gasteiger partial charge in [-0.05, 0) is 32.1 Å². The summed E-state index contributed by atoms with van der Waals surface area (Å²) in [6, 6.07) is 0.371. The van der Waals surface area contributed by atoms with Gasteiger partial charge in [0.25, 0.3) is 0 Å². The summed E-state index contributed by atoms with van der Waals surface area (Å²) in [6.45, 7) is 4.06. The highest BCUT2D eigenvalue weighted by Crippen LogP contribution is 2.23. The Labute approximate surface area is 122 Å². The maximum atomic E-state index is 12.2. The van der Waals surface area contributed by atoms with Crippen LogP contribution in [0.4, 0.5) is 0 Å². The Bertz CT molecular complexity index is 331. The van der Waals surface area contributed by atoms with Gasteiger partial charge in [0.2, 0.25) is 11.8 Å². The van der Waals surface area contributed by atoms with E-state index in [4.69, 9.17) is 0 Å². The fourth-order valence-electron chi connectivity index (χ4n) is 3.51. The second-order valence-electron chi connectivity index (χ2n) is 6.20. The Morgan fingerprint density at radius 1 is 1.00 bits per heavy atom. The number of hydrogen-bond acceptors (Lipinski definition) is 2. The molecule has 1 aliphatic heterocycles. The number of carbonyl (C=O) groups excluding carboxylic acids is 2. The van der Waals surface area contributed by atoms with Gasteiger partial charge in [0.05, 0.1) is 0 Å². The van der Waals surface area contributed by atoms with Crippen molar-refractivity contribution >= 4 is 11.8 Å². The standard InChI is InChI=1S/C16H28N2O2/c1-14(19)18(15-8-4-2-5-9-15)13-10-16(20)17-11-6-3-7-12-17/h15H,2-13H2,1H3. The lowest BCUT2D eigenvalue weighted by atomic mass is 9.94. The van der Waals surface area contributed by atoms with Crippen LogP contribution in [0, 0.1) is 0 Å². The van der Waals surface area contributed by atoms with Crippen molar-refractivity contribution in [1.82, 2.24) is 9.80 Å². The molecule has 0 N–H and O–H groups in total. The summed E-state index contributed by atoms with van der Waals surface area (Å²) in [6.07, 6.45) is 9.93. The highest BCUT2D eigenvalue weighted by molar-refractivity contribution is 5.78. The molecule has 1 saturated carbocycles. The maximum absolute atomic E-state index is 12.2. The van der Waals surface area contributed by atoms with Gasteiger partial charge >= 0.3 is 0 Å². The van der Waals surface area contributed by atoms with Gasteiger partial charge in [-0.2, -0.15) is 0 Å². The van der Waals surface area contributed by atoms with E-state index in [1.165, 1.54) is 25.7 Å². The molecule has 1 heterocycles. The van der Waals surface area contributed by atoms with Crippen molar-refractivity contribution in [2.45, 2.75) is 70.8 Å². The minimum Gasteiger partial charge on any atom is -0.343 e. The number of likely N-dealkylation sites (tertiary alicyclic amines) is 1. The molecule has 1 aliphatic carbocycles. The van der Waals surface area contributed by atoms with Crippen LogP contribution in [0.1, 0.15) is 64.7 Å². The van der Waals surface area contributed by atoms with E-state index < -0.39 is 0 Å². The first kappa shape index (κ1) is 15.3. The lowest BCUT2D eigenvalue weighted by Crippen LogP contribution is -2.43. The predicted octanol–water partition coefficient (Wildman–Crippen LogP) is 2.57. The maximum Gasteiger partial charge on any atom is 0.224 e. The third-order valence-corrected chi connectivity index (χ3v) is 4.70. The third kappa shape index (κ3) is 4.22. The van der Waals surface area contributed by atoms with Crippen LogP contribution in [0.15, 0.2) is 0 Å². The molecule has 0 spiro atoms. The van der Waals surface area contributed by atoms with Crippen molar-refractivity contribution in [2.24, 2.45) is 0 Å². The molecule has 0 unspecified atom stereocenters. The fourth-order valence-corrected chi connectivity index (χ4v) is 3.51. The van der Waals surface area contributed by atoms with E-state index in [1.54, 1.807) is 6.92 Å². The first-order valence-electron chi connectivity index (χ1n) is 8.23. The zero-order chi connectivity index (χ0) is 14.4. The average molecular weight is 280 g/mol. The van der Waals surface area contributed by atoms with Gasteiger partial charge < -0.3 is 9.80 Å². The van der Waals surface area contributed by atoms with E-state index >= 15 is 0 Å². The Balaban J connectivity index is 1.81. The summed E-state index contributed by atoms with van der Waals surface area (Å²) < 4.78 is 0. The number of hydrogen-bond donors (Lipinski definition) is 0. The lowest BCUT2D eigenvalue weighted by molar-refractivity contribution is -0.135. The molecule has 0 aromatic rings. The predicted molar refractivity (Wildman–Crippen MR) is 79.3 cm³/mol. The average Bonchev–Trinajstić information content (AvgIpc) is 2.49. The van der Waals surface area contributed by atoms with Crippen molar-refractivity contribution < 1.29 is 9.59 Å². The van der Waals surface area contributed by atoms with Gasteiger partial charge in [-0.3, -0.25) is 9.59 Å². The fraction of sp³-hybridized carbons (Fsp3) is 0.875. The summed E-state index contributed by atoms with van der Waals surface area (Å²) in [4.78, 5) is 27.9. The normalized spacial score (nSPS) is 20.8. The summed E-state index contributed by atoms with van der Waals surface area (Å²) in [5.74, 6) is 0.357. The first-order valence-corrected chi connectivity index (χ1v) is 8.23. The van der Waals surface area contributed by atoms with Gasteiger partial charge in [0.1, 0.15) is 0 Å². The summed E-state index contributed by atoms with van der Waals surface area (Å²) in [5.41, 5.74) is 0. The second kappa shape index (κ2) is 7.65. The van der Waals surface area contributed by atoms with Gasteiger partial charge in [-0.15, -0.1) is 0 Å². The van der Waals surface area contributed by atoms with E-state index in [0.717, 1.165) is 38.8 Å². The molecule has 2 amide bonds. The first-order chi connectivity index (χ1) is 9.68. The van der Waals surface area contributed by atoms with E-state index in [9.17, 15) is 9.59 Å². The molecule has 2 aliphatic rings. The van der Waals surface area contributed by atoms with Crippen LogP contribution in [0.2, 0.25) is 0 Å². The minimum absolute atomic E-state index is 0.128. The monoisotopic (exact) mass is 280 g/mol. The van der Waals surface area contributed by atoms with Crippen molar-refractivity contribution in [1.29, 1.82) is 0 Å². The summed E-state index contributed by atoms with van der Waals surface area (Å²) >= 11 is 0. The van der Waals surface area contributed by atoms with E-state index in [0.29, 0.717) is 19.0 Å². The smallest absolute Gasteiger partial charge is 0.224 e. The van der Waals surface area contributed by atoms with Crippen molar-refractivity contribution in [3.05, 3.63) is 0 Å². The molecule has 0 aromatic carbocycles. The zero-order valence-corrected chi connectivity index (χ0v) is 12.8. The molecular weight excluding hydrogens is 252 g/mol. The van der Waals surface area contributed by atoms with Gasteiger partial charge in [0.15, 0.2) is 0 Å². The summed E-state index contributed by atoms with van der Waals surface area (Å²) in [7, 11) is 0. The van der Waals surface area contributed by atoms with Crippen LogP contribution in [0.3, 0.4) is 0 Å². The van der Waals surface area contributed by atoms with Crippen molar-refractivity contribution in [2.75, 3.05) is 19.6 Å². The molecule has 4 nitrogen and oxygen atoms in total.